The maximum atomic E-state index is 13.8. The molecule has 0 bridgehead atoms. The number of thiophene rings is 1. The Hall–Kier alpha value is -3.32. The van der Waals surface area contributed by atoms with Crippen molar-refractivity contribution in [1.82, 2.24) is 4.90 Å². The monoisotopic (exact) mass is 532 g/mol. The van der Waals surface area contributed by atoms with Gasteiger partial charge >= 0.3 is 0 Å². The first kappa shape index (κ1) is 25.3. The van der Waals surface area contributed by atoms with E-state index in [0.29, 0.717) is 17.2 Å². The maximum Gasteiger partial charge on any atom is 0.193 e. The number of rotatable bonds is 4. The van der Waals surface area contributed by atoms with Crippen molar-refractivity contribution in [3.8, 4) is 11.5 Å². The molecule has 1 fully saturated rings. The summed E-state index contributed by atoms with van der Waals surface area (Å²) < 4.78 is 1.95. The third-order valence-electron chi connectivity index (χ3n) is 7.32. The summed E-state index contributed by atoms with van der Waals surface area (Å²) >= 11 is 1.56. The molecule has 0 amide bonds. The van der Waals surface area contributed by atoms with Crippen molar-refractivity contribution in [1.29, 1.82) is 0 Å². The predicted molar refractivity (Wildman–Crippen MR) is 156 cm³/mol. The number of phenols is 2. The first-order chi connectivity index (χ1) is 17.4. The molecule has 0 atom stereocenters. The molecule has 0 aliphatic carbocycles. The highest BCUT2D eigenvalue weighted by molar-refractivity contribution is 7.26. The van der Waals surface area contributed by atoms with Crippen LogP contribution in [0.3, 0.4) is 0 Å². The van der Waals surface area contributed by atoms with E-state index in [1.54, 1.807) is 35.6 Å². The molecule has 0 unspecified atom stereocenters. The summed E-state index contributed by atoms with van der Waals surface area (Å²) in [6.45, 7) is 8.52. The Balaban J connectivity index is 0.00000280. The van der Waals surface area contributed by atoms with Crippen LogP contribution in [-0.4, -0.2) is 53.1 Å². The van der Waals surface area contributed by atoms with E-state index in [9.17, 15) is 15.0 Å². The summed E-state index contributed by atoms with van der Waals surface area (Å²) in [6.07, 6.45) is 0. The number of carbonyl (C=O) groups excluding carboxylic acids is 1. The van der Waals surface area contributed by atoms with Crippen LogP contribution in [0, 0.1) is 0 Å². The topological polar surface area (TPSA) is 64.0 Å². The second-order valence-corrected chi connectivity index (χ2v) is 10.9. The first-order valence-corrected chi connectivity index (χ1v) is 13.2. The van der Waals surface area contributed by atoms with Crippen LogP contribution in [0.2, 0.25) is 0 Å². The fourth-order valence-corrected chi connectivity index (χ4v) is 6.52. The molecule has 7 heteroatoms. The lowest BCUT2D eigenvalue weighted by Crippen LogP contribution is -2.48. The fraction of sp³-hybridized carbons (Fsp3) is 0.233. The number of aromatic hydroxyl groups is 2. The number of hydrogen-bond donors (Lipinski definition) is 2. The lowest BCUT2D eigenvalue weighted by Gasteiger charge is -2.38. The van der Waals surface area contributed by atoms with Gasteiger partial charge in [0, 0.05) is 69.2 Å². The predicted octanol–water partition coefficient (Wildman–Crippen LogP) is 6.80. The quantitative estimate of drug-likeness (QED) is 0.249. The summed E-state index contributed by atoms with van der Waals surface area (Å²) in [5.74, 6) is 0.283. The summed E-state index contributed by atoms with van der Waals surface area (Å²) in [5.41, 5.74) is 2.34. The Morgan fingerprint density at radius 2 is 1.43 bits per heavy atom. The van der Waals surface area contributed by atoms with Crippen molar-refractivity contribution in [3.05, 3.63) is 77.9 Å². The average molecular weight is 533 g/mol. The molecule has 5 aromatic rings. The van der Waals surface area contributed by atoms with Crippen molar-refractivity contribution >= 4 is 66.2 Å². The van der Waals surface area contributed by atoms with Crippen molar-refractivity contribution in [2.75, 3.05) is 31.1 Å². The number of halogens is 1. The minimum atomic E-state index is -0.0658. The van der Waals surface area contributed by atoms with E-state index in [0.717, 1.165) is 62.8 Å². The van der Waals surface area contributed by atoms with Gasteiger partial charge in [-0.2, -0.15) is 0 Å². The largest absolute Gasteiger partial charge is 0.508 e. The van der Waals surface area contributed by atoms with E-state index < -0.39 is 0 Å². The van der Waals surface area contributed by atoms with Crippen LogP contribution >= 0.6 is 23.7 Å². The lowest BCUT2D eigenvalue weighted by molar-refractivity contribution is 0.104. The molecule has 0 saturated carbocycles. The molecule has 1 aromatic heterocycles. The molecule has 0 spiro atoms. The first-order valence-electron chi connectivity index (χ1n) is 12.3. The van der Waals surface area contributed by atoms with Crippen LogP contribution in [0.1, 0.15) is 29.8 Å². The minimum Gasteiger partial charge on any atom is -0.508 e. The Morgan fingerprint density at radius 1 is 0.784 bits per heavy atom. The highest BCUT2D eigenvalue weighted by atomic mass is 35.5. The van der Waals surface area contributed by atoms with Crippen LogP contribution in [0.5, 0.6) is 11.5 Å². The smallest absolute Gasteiger partial charge is 0.193 e. The highest BCUT2D eigenvalue weighted by Gasteiger charge is 2.21. The molecule has 1 aliphatic heterocycles. The van der Waals surface area contributed by atoms with Gasteiger partial charge in [-0.05, 0) is 85.3 Å². The number of ketones is 1. The molecule has 5 nitrogen and oxygen atoms in total. The number of benzene rings is 4. The van der Waals surface area contributed by atoms with Gasteiger partial charge in [0.2, 0.25) is 0 Å². The second-order valence-electron chi connectivity index (χ2n) is 9.80. The molecule has 37 heavy (non-hydrogen) atoms. The molecule has 1 saturated heterocycles. The SMILES string of the molecule is CC(C)N1CCN(c2ccc(C(=O)c3cc4sc5cc(O)ccc5c4c4ccc(O)cc34)cc2)CC1.Cl. The Morgan fingerprint density at radius 3 is 2.11 bits per heavy atom. The molecule has 1 aliphatic rings. The zero-order chi connectivity index (χ0) is 25.0. The zero-order valence-electron chi connectivity index (χ0n) is 20.8. The minimum absolute atomic E-state index is 0. The van der Waals surface area contributed by atoms with Gasteiger partial charge in [-0.1, -0.05) is 6.07 Å². The lowest BCUT2D eigenvalue weighted by atomic mass is 9.94. The summed E-state index contributed by atoms with van der Waals surface area (Å²) in [5, 5.41) is 23.9. The standard InChI is InChI=1S/C30H28N2O3S.ClH/c1-18(2)31-11-13-32(14-12-31)20-5-3-19(4-6-20)30(35)26-17-28-29(23-9-7-21(33)15-25(23)26)24-10-8-22(34)16-27(24)36-28;/h3-10,15-18,33-34H,11-14H2,1-2H3;1H. The van der Waals surface area contributed by atoms with E-state index in [4.69, 9.17) is 0 Å². The average Bonchev–Trinajstić information content (AvgIpc) is 3.25. The number of carbonyl (C=O) groups is 1. The fourth-order valence-electron chi connectivity index (χ4n) is 5.33. The van der Waals surface area contributed by atoms with E-state index in [-0.39, 0.29) is 29.7 Å². The second kappa shape index (κ2) is 9.86. The summed E-state index contributed by atoms with van der Waals surface area (Å²) in [7, 11) is 0. The third-order valence-corrected chi connectivity index (χ3v) is 8.42. The number of anilines is 1. The van der Waals surface area contributed by atoms with E-state index in [1.165, 1.54) is 0 Å². The molecular weight excluding hydrogens is 504 g/mol. The van der Waals surface area contributed by atoms with Crippen molar-refractivity contribution in [2.45, 2.75) is 19.9 Å². The zero-order valence-corrected chi connectivity index (χ0v) is 22.4. The van der Waals surface area contributed by atoms with Gasteiger partial charge in [-0.3, -0.25) is 9.69 Å². The van der Waals surface area contributed by atoms with Gasteiger partial charge in [0.25, 0.3) is 0 Å². The van der Waals surface area contributed by atoms with Crippen LogP contribution in [0.4, 0.5) is 5.69 Å². The van der Waals surface area contributed by atoms with Gasteiger partial charge in [-0.25, -0.2) is 0 Å². The van der Waals surface area contributed by atoms with E-state index in [1.807, 2.05) is 42.5 Å². The molecule has 190 valence electrons. The Labute approximate surface area is 226 Å². The molecule has 4 aromatic carbocycles. The van der Waals surface area contributed by atoms with Gasteiger partial charge in [-0.15, -0.1) is 23.7 Å². The summed E-state index contributed by atoms with van der Waals surface area (Å²) in [6, 6.07) is 21.0. The third kappa shape index (κ3) is 4.50. The van der Waals surface area contributed by atoms with Crippen LogP contribution in [0.15, 0.2) is 66.7 Å². The maximum absolute atomic E-state index is 13.8. The van der Waals surface area contributed by atoms with E-state index in [2.05, 4.69) is 23.6 Å². The Kier molecular flexibility index (Phi) is 6.75. The highest BCUT2D eigenvalue weighted by Crippen LogP contribution is 2.42. The molecule has 6 rings (SSSR count). The summed E-state index contributed by atoms with van der Waals surface area (Å²) in [4.78, 5) is 18.6. The van der Waals surface area contributed by atoms with Crippen molar-refractivity contribution in [2.24, 2.45) is 0 Å². The molecular formula is C30H29ClN2O3S. The van der Waals surface area contributed by atoms with Crippen molar-refractivity contribution < 1.29 is 15.0 Å². The van der Waals surface area contributed by atoms with Crippen molar-refractivity contribution in [3.63, 3.8) is 0 Å². The van der Waals surface area contributed by atoms with Crippen LogP contribution < -0.4 is 4.90 Å². The Bertz CT molecular complexity index is 1620. The normalized spacial score (nSPS) is 14.5. The van der Waals surface area contributed by atoms with Gasteiger partial charge in [0.05, 0.1) is 0 Å². The number of nitrogens with zero attached hydrogens (tertiary/aromatic N) is 2. The number of hydrogen-bond acceptors (Lipinski definition) is 6. The molecule has 0 radical (unpaired) electrons. The van der Waals surface area contributed by atoms with Crippen LogP contribution in [-0.2, 0) is 0 Å². The van der Waals surface area contributed by atoms with Gasteiger partial charge in [0.1, 0.15) is 11.5 Å². The number of phenolic OH excluding ortho intramolecular Hbond substituents is 2. The molecule has 2 heterocycles. The van der Waals surface area contributed by atoms with Gasteiger partial charge in [0.15, 0.2) is 5.78 Å². The van der Waals surface area contributed by atoms with E-state index >= 15 is 0 Å². The van der Waals surface area contributed by atoms with Crippen LogP contribution in [0.25, 0.3) is 30.9 Å². The van der Waals surface area contributed by atoms with Gasteiger partial charge < -0.3 is 15.1 Å². The number of fused-ring (bicyclic) bond motifs is 5. The molecule has 2 N–H and O–H groups in total. The number of piperazine rings is 1.